The van der Waals surface area contributed by atoms with E-state index in [-0.39, 0.29) is 30.0 Å². The van der Waals surface area contributed by atoms with Crippen LogP contribution in [-0.4, -0.2) is 22.0 Å². The molecule has 4 aromatic rings. The third-order valence-electron chi connectivity index (χ3n) is 5.30. The molecule has 8 heteroatoms. The number of carbonyl (C=O) groups excluding carboxylic acids is 1. The maximum Gasteiger partial charge on any atom is 0.307 e. The average Bonchev–Trinajstić information content (AvgIpc) is 2.88. The van der Waals surface area contributed by atoms with Gasteiger partial charge in [-0.25, -0.2) is 9.37 Å². The summed E-state index contributed by atoms with van der Waals surface area (Å²) in [5, 5.41) is 20.7. The SMILES string of the molecule is N#Cc1cccc(Oc2ncccc2C(=O)NCc2ccc(-c3cccc(CC(=O)O)c3)cc2F)c1. The average molecular weight is 481 g/mol. The van der Waals surface area contributed by atoms with Gasteiger partial charge in [-0.2, -0.15) is 5.26 Å². The molecule has 0 fully saturated rings. The molecule has 178 valence electrons. The van der Waals surface area contributed by atoms with Crippen molar-refractivity contribution >= 4 is 11.9 Å². The van der Waals surface area contributed by atoms with E-state index in [1.165, 1.54) is 24.4 Å². The molecule has 2 N–H and O–H groups in total. The van der Waals surface area contributed by atoms with Crippen LogP contribution in [0, 0.1) is 17.1 Å². The van der Waals surface area contributed by atoms with Gasteiger partial charge in [-0.3, -0.25) is 9.59 Å². The summed E-state index contributed by atoms with van der Waals surface area (Å²) in [5.41, 5.74) is 2.75. The molecule has 0 bridgehead atoms. The largest absolute Gasteiger partial charge is 0.481 e. The lowest BCUT2D eigenvalue weighted by Gasteiger charge is -2.12. The van der Waals surface area contributed by atoms with Gasteiger partial charge in [-0.15, -0.1) is 0 Å². The minimum Gasteiger partial charge on any atom is -0.481 e. The lowest BCUT2D eigenvalue weighted by atomic mass is 10.0. The monoisotopic (exact) mass is 481 g/mol. The van der Waals surface area contributed by atoms with E-state index >= 15 is 0 Å². The Morgan fingerprint density at radius 2 is 1.81 bits per heavy atom. The van der Waals surface area contributed by atoms with Crippen LogP contribution < -0.4 is 10.1 Å². The van der Waals surface area contributed by atoms with Crippen molar-refractivity contribution in [2.45, 2.75) is 13.0 Å². The van der Waals surface area contributed by atoms with E-state index in [0.717, 1.165) is 0 Å². The number of nitriles is 1. The maximum absolute atomic E-state index is 14.8. The molecule has 0 spiro atoms. The molecule has 0 aliphatic heterocycles. The maximum atomic E-state index is 14.8. The van der Waals surface area contributed by atoms with Crippen LogP contribution in [0.25, 0.3) is 11.1 Å². The number of aliphatic carboxylic acids is 1. The van der Waals surface area contributed by atoms with Crippen LogP contribution in [0.1, 0.15) is 27.0 Å². The van der Waals surface area contributed by atoms with Crippen molar-refractivity contribution in [3.8, 4) is 28.8 Å². The van der Waals surface area contributed by atoms with Crippen LogP contribution in [0.3, 0.4) is 0 Å². The first kappa shape index (κ1) is 24.1. The van der Waals surface area contributed by atoms with E-state index in [9.17, 15) is 14.0 Å². The Bertz CT molecular complexity index is 1480. The standard InChI is InChI=1S/C28H20FN3O4/c29-25-15-21(20-6-1-4-18(12-20)14-26(33)34)9-10-22(25)17-32-27(35)24-8-3-11-31-28(24)36-23-7-2-5-19(13-23)16-30/h1-13,15H,14,17H2,(H,32,35)(H,33,34). The Hall–Kier alpha value is -5.03. The van der Waals surface area contributed by atoms with Crippen molar-refractivity contribution in [3.63, 3.8) is 0 Å². The van der Waals surface area contributed by atoms with Crippen LogP contribution >= 0.6 is 0 Å². The van der Waals surface area contributed by atoms with E-state index in [1.54, 1.807) is 60.7 Å². The summed E-state index contributed by atoms with van der Waals surface area (Å²) in [4.78, 5) is 27.9. The molecule has 4 rings (SSSR count). The number of pyridine rings is 1. The summed E-state index contributed by atoms with van der Waals surface area (Å²) in [6.07, 6.45) is 1.36. The second-order valence-corrected chi connectivity index (χ2v) is 7.86. The highest BCUT2D eigenvalue weighted by molar-refractivity contribution is 5.96. The topological polar surface area (TPSA) is 112 Å². The van der Waals surface area contributed by atoms with Crippen molar-refractivity contribution in [2.75, 3.05) is 0 Å². The van der Waals surface area contributed by atoms with Crippen LogP contribution in [0.4, 0.5) is 4.39 Å². The van der Waals surface area contributed by atoms with E-state index < -0.39 is 17.7 Å². The number of ether oxygens (including phenoxy) is 1. The highest BCUT2D eigenvalue weighted by Crippen LogP contribution is 2.25. The molecule has 0 aliphatic carbocycles. The van der Waals surface area contributed by atoms with Crippen LogP contribution in [-0.2, 0) is 17.8 Å². The predicted octanol–water partition coefficient (Wildman–Crippen LogP) is 5.11. The molecular weight excluding hydrogens is 461 g/mol. The third-order valence-corrected chi connectivity index (χ3v) is 5.30. The lowest BCUT2D eigenvalue weighted by Crippen LogP contribution is -2.24. The first-order chi connectivity index (χ1) is 17.4. The number of nitrogens with one attached hydrogen (secondary N) is 1. The van der Waals surface area contributed by atoms with E-state index in [2.05, 4.69) is 10.3 Å². The Kier molecular flexibility index (Phi) is 7.32. The van der Waals surface area contributed by atoms with Gasteiger partial charge in [0.25, 0.3) is 5.91 Å². The Labute approximate surface area is 206 Å². The van der Waals surface area contributed by atoms with Crippen molar-refractivity contribution in [3.05, 3.63) is 113 Å². The minimum absolute atomic E-state index is 0.0575. The van der Waals surface area contributed by atoms with Gasteiger partial charge in [0.05, 0.1) is 18.1 Å². The second-order valence-electron chi connectivity index (χ2n) is 7.86. The quantitative estimate of drug-likeness (QED) is 0.362. The zero-order chi connectivity index (χ0) is 25.5. The zero-order valence-electron chi connectivity index (χ0n) is 18.9. The lowest BCUT2D eigenvalue weighted by molar-refractivity contribution is -0.136. The number of aromatic nitrogens is 1. The van der Waals surface area contributed by atoms with Crippen molar-refractivity contribution < 1.29 is 23.8 Å². The van der Waals surface area contributed by atoms with Gasteiger partial charge in [0.15, 0.2) is 0 Å². The minimum atomic E-state index is -0.942. The summed E-state index contributed by atoms with van der Waals surface area (Å²) >= 11 is 0. The fourth-order valence-corrected chi connectivity index (χ4v) is 3.56. The molecule has 0 atom stereocenters. The number of halogens is 1. The molecule has 0 unspecified atom stereocenters. The van der Waals surface area contributed by atoms with Crippen molar-refractivity contribution in [2.24, 2.45) is 0 Å². The number of benzene rings is 3. The number of nitrogens with zero attached hydrogens (tertiary/aromatic N) is 2. The summed E-state index contributed by atoms with van der Waals surface area (Å²) in [5.74, 6) is -1.54. The van der Waals surface area contributed by atoms with Crippen molar-refractivity contribution in [1.82, 2.24) is 10.3 Å². The normalized spacial score (nSPS) is 10.3. The predicted molar refractivity (Wildman–Crippen MR) is 130 cm³/mol. The van der Waals surface area contributed by atoms with E-state index in [0.29, 0.717) is 28.0 Å². The van der Waals surface area contributed by atoms with Gasteiger partial charge in [-0.1, -0.05) is 42.5 Å². The fourth-order valence-electron chi connectivity index (χ4n) is 3.56. The van der Waals surface area contributed by atoms with Gasteiger partial charge in [0, 0.05) is 18.3 Å². The van der Waals surface area contributed by atoms with Gasteiger partial charge >= 0.3 is 5.97 Å². The molecule has 0 saturated carbocycles. The molecular formula is C28H20FN3O4. The van der Waals surface area contributed by atoms with Crippen LogP contribution in [0.2, 0.25) is 0 Å². The van der Waals surface area contributed by atoms with Crippen molar-refractivity contribution in [1.29, 1.82) is 5.26 Å². The number of rotatable bonds is 8. The van der Waals surface area contributed by atoms with Crippen LogP contribution in [0.15, 0.2) is 85.1 Å². The summed E-state index contributed by atoms with van der Waals surface area (Å²) in [6.45, 7) is -0.0672. The van der Waals surface area contributed by atoms with Gasteiger partial charge in [-0.05, 0) is 53.1 Å². The first-order valence-electron chi connectivity index (χ1n) is 10.9. The number of amides is 1. The molecule has 1 aromatic heterocycles. The molecule has 3 aromatic carbocycles. The molecule has 1 heterocycles. The number of carboxylic acid groups (broad SMARTS) is 1. The highest BCUT2D eigenvalue weighted by Gasteiger charge is 2.15. The van der Waals surface area contributed by atoms with Crippen LogP contribution in [0.5, 0.6) is 11.6 Å². The van der Waals surface area contributed by atoms with E-state index in [1.807, 2.05) is 6.07 Å². The number of hydrogen-bond donors (Lipinski definition) is 2. The first-order valence-corrected chi connectivity index (χ1v) is 10.9. The number of hydrogen-bond acceptors (Lipinski definition) is 5. The Morgan fingerprint density at radius 3 is 2.58 bits per heavy atom. The number of carboxylic acids is 1. The molecule has 0 saturated heterocycles. The van der Waals surface area contributed by atoms with Gasteiger partial charge in [0.2, 0.25) is 5.88 Å². The number of carbonyl (C=O) groups is 2. The molecule has 7 nitrogen and oxygen atoms in total. The van der Waals surface area contributed by atoms with E-state index in [4.69, 9.17) is 15.1 Å². The molecule has 1 amide bonds. The Morgan fingerprint density at radius 1 is 1.00 bits per heavy atom. The summed E-state index contributed by atoms with van der Waals surface area (Å²) in [7, 11) is 0. The molecule has 36 heavy (non-hydrogen) atoms. The summed E-state index contributed by atoms with van der Waals surface area (Å²) in [6, 6.07) is 23.2. The molecule has 0 aliphatic rings. The summed E-state index contributed by atoms with van der Waals surface area (Å²) < 4.78 is 20.5. The molecule has 0 radical (unpaired) electrons. The smallest absolute Gasteiger partial charge is 0.307 e. The third kappa shape index (κ3) is 5.90. The fraction of sp³-hybridized carbons (Fsp3) is 0.0714. The van der Waals surface area contributed by atoms with Gasteiger partial charge in [0.1, 0.15) is 17.1 Å². The highest BCUT2D eigenvalue weighted by atomic mass is 19.1. The second kappa shape index (κ2) is 10.9. The Balaban J connectivity index is 1.46. The zero-order valence-corrected chi connectivity index (χ0v) is 18.9. The van der Waals surface area contributed by atoms with Gasteiger partial charge < -0.3 is 15.2 Å².